The fourth-order valence-corrected chi connectivity index (χ4v) is 11.9. The quantitative estimate of drug-likeness (QED) is 0.180. The lowest BCUT2D eigenvalue weighted by atomic mass is 9.68. The number of rotatable bonds is 5. The molecular weight excluding hydrogens is 645 g/mol. The van der Waals surface area contributed by atoms with Gasteiger partial charge < -0.3 is 4.57 Å². The molecule has 5 aromatic carbocycles. The Morgan fingerprint density at radius 3 is 1.75 bits per heavy atom. The Labute approximate surface area is 312 Å². The molecule has 4 bridgehead atoms. The van der Waals surface area contributed by atoms with Gasteiger partial charge in [-0.2, -0.15) is 0 Å². The van der Waals surface area contributed by atoms with E-state index in [1.54, 1.807) is 0 Å². The van der Waals surface area contributed by atoms with Gasteiger partial charge in [0.25, 0.3) is 0 Å². The highest BCUT2D eigenvalue weighted by Gasteiger charge is 2.47. The van der Waals surface area contributed by atoms with Crippen molar-refractivity contribution in [2.75, 3.05) is 0 Å². The molecule has 0 N–H and O–H groups in total. The van der Waals surface area contributed by atoms with Crippen molar-refractivity contribution >= 4 is 32.6 Å². The van der Waals surface area contributed by atoms with Gasteiger partial charge in [0.05, 0.1) is 11.0 Å². The van der Waals surface area contributed by atoms with Crippen LogP contribution in [0.3, 0.4) is 0 Å². The molecule has 0 radical (unpaired) electrons. The number of hydrogen-bond donors (Lipinski definition) is 0. The molecule has 7 aromatic rings. The zero-order chi connectivity index (χ0) is 35.3. The fraction of sp³-hybridized carbons (Fsp3) is 0.367. The molecule has 4 saturated carbocycles. The SMILES string of the molecule is CC1(c2nc(-c3ccc(-c4cccc(-n5c6ccccc6c6ccc7ccccc7c65)c4)cc3)nc(C3(C)CC4CC[C@@H](C4)C3)n2)CC2CC[C@@H](C2)C1. The van der Waals surface area contributed by atoms with Crippen LogP contribution in [0, 0.1) is 23.7 Å². The van der Waals surface area contributed by atoms with Crippen LogP contribution in [-0.2, 0) is 10.8 Å². The summed E-state index contributed by atoms with van der Waals surface area (Å²) in [6.45, 7) is 4.92. The van der Waals surface area contributed by atoms with Gasteiger partial charge >= 0.3 is 0 Å². The lowest BCUT2D eigenvalue weighted by Crippen LogP contribution is -2.37. The van der Waals surface area contributed by atoms with Crippen molar-refractivity contribution in [1.29, 1.82) is 0 Å². The average Bonchev–Trinajstić information content (AvgIpc) is 3.85. The van der Waals surface area contributed by atoms with Crippen LogP contribution in [0.4, 0.5) is 0 Å². The van der Waals surface area contributed by atoms with E-state index in [9.17, 15) is 0 Å². The predicted molar refractivity (Wildman–Crippen MR) is 217 cm³/mol. The molecule has 2 aromatic heterocycles. The average molecular weight is 693 g/mol. The minimum absolute atomic E-state index is 0.0268. The summed E-state index contributed by atoms with van der Waals surface area (Å²) in [5, 5.41) is 5.10. The molecule has 4 heteroatoms. The summed E-state index contributed by atoms with van der Waals surface area (Å²) in [5.74, 6) is 6.26. The van der Waals surface area contributed by atoms with Crippen LogP contribution in [0.25, 0.3) is 60.8 Å². The van der Waals surface area contributed by atoms with E-state index in [0.29, 0.717) is 0 Å². The van der Waals surface area contributed by atoms with Crippen molar-refractivity contribution in [3.63, 3.8) is 0 Å². The van der Waals surface area contributed by atoms with E-state index < -0.39 is 0 Å². The predicted octanol–water partition coefficient (Wildman–Crippen LogP) is 12.4. The normalized spacial score (nSPS) is 28.0. The molecule has 4 unspecified atom stereocenters. The lowest BCUT2D eigenvalue weighted by molar-refractivity contribution is 0.207. The largest absolute Gasteiger partial charge is 0.309 e. The number of aromatic nitrogens is 4. The van der Waals surface area contributed by atoms with Crippen LogP contribution in [0.5, 0.6) is 0 Å². The molecular formula is C49H48N4. The van der Waals surface area contributed by atoms with E-state index in [1.807, 2.05) is 0 Å². The van der Waals surface area contributed by atoms with Gasteiger partial charge in [0, 0.05) is 38.2 Å². The molecule has 4 nitrogen and oxygen atoms in total. The second-order valence-corrected chi connectivity index (χ2v) is 18.0. The number of para-hydroxylation sites is 1. The maximum absolute atomic E-state index is 5.48. The summed E-state index contributed by atoms with van der Waals surface area (Å²) < 4.78 is 2.45. The highest BCUT2D eigenvalue weighted by Crippen LogP contribution is 2.53. The minimum atomic E-state index is 0.0268. The highest BCUT2D eigenvalue weighted by atomic mass is 15.1. The number of nitrogens with zero attached hydrogens (tertiary/aromatic N) is 4. The highest BCUT2D eigenvalue weighted by molar-refractivity contribution is 6.18. The molecule has 0 aliphatic heterocycles. The maximum atomic E-state index is 5.48. The topological polar surface area (TPSA) is 43.6 Å². The molecule has 11 rings (SSSR count). The Morgan fingerprint density at radius 1 is 0.509 bits per heavy atom. The smallest absolute Gasteiger partial charge is 0.163 e. The number of benzene rings is 5. The van der Waals surface area contributed by atoms with Gasteiger partial charge in [-0.1, -0.05) is 131 Å². The Balaban J connectivity index is 0.991. The van der Waals surface area contributed by atoms with Crippen LogP contribution in [-0.4, -0.2) is 19.5 Å². The van der Waals surface area contributed by atoms with Crippen molar-refractivity contribution in [1.82, 2.24) is 19.5 Å². The van der Waals surface area contributed by atoms with Gasteiger partial charge in [0.1, 0.15) is 11.6 Å². The van der Waals surface area contributed by atoms with E-state index in [0.717, 1.165) is 46.7 Å². The standard InChI is InChI=1S/C49H48N4/c1-48(27-31-14-15-32(24-31)28-48)46-50-45(51-47(52-46)49(2)29-33-16-17-34(25-33)30-49)37-20-18-35(19-21-37)38-9-7-10-39(26-38)53-43-13-6-5-12-41(43)42-23-22-36-8-3-4-11-40(36)44(42)53/h3-13,18-23,26,31-34H,14-17,24-25,27-30H2,1-2H3/t31-,32?,33-,34?,48?,49?/m0/s1. The molecule has 0 amide bonds. The van der Waals surface area contributed by atoms with E-state index in [1.165, 1.54) is 114 Å². The summed E-state index contributed by atoms with van der Waals surface area (Å²) in [6, 6.07) is 40.2. The lowest BCUT2D eigenvalue weighted by Gasteiger charge is -2.39. The van der Waals surface area contributed by atoms with Gasteiger partial charge in [0.15, 0.2) is 5.82 Å². The minimum Gasteiger partial charge on any atom is -0.309 e. The molecule has 0 spiro atoms. The zero-order valence-electron chi connectivity index (χ0n) is 31.1. The van der Waals surface area contributed by atoms with Gasteiger partial charge in [-0.05, 0) is 96.9 Å². The first-order chi connectivity index (χ1) is 25.9. The van der Waals surface area contributed by atoms with Crippen molar-refractivity contribution < 1.29 is 0 Å². The third-order valence-corrected chi connectivity index (χ3v) is 14.1. The van der Waals surface area contributed by atoms with Crippen LogP contribution >= 0.6 is 0 Å². The summed E-state index contributed by atoms with van der Waals surface area (Å²) in [7, 11) is 0. The summed E-state index contributed by atoms with van der Waals surface area (Å²) in [5.41, 5.74) is 7.20. The molecule has 0 saturated heterocycles. The second-order valence-electron chi connectivity index (χ2n) is 18.0. The monoisotopic (exact) mass is 692 g/mol. The zero-order valence-corrected chi connectivity index (χ0v) is 31.1. The van der Waals surface area contributed by atoms with Crippen LogP contribution in [0.1, 0.15) is 89.7 Å². The van der Waals surface area contributed by atoms with Crippen LogP contribution < -0.4 is 0 Å². The Kier molecular flexibility index (Phi) is 7.07. The summed E-state index contributed by atoms with van der Waals surface area (Å²) in [6.07, 6.45) is 13.2. The first kappa shape index (κ1) is 31.7. The van der Waals surface area contributed by atoms with Crippen molar-refractivity contribution in [2.45, 2.75) is 88.9 Å². The summed E-state index contributed by atoms with van der Waals surface area (Å²) in [4.78, 5) is 16.2. The third-order valence-electron chi connectivity index (χ3n) is 14.1. The molecule has 264 valence electrons. The van der Waals surface area contributed by atoms with Crippen molar-refractivity contribution in [3.05, 3.63) is 121 Å². The third kappa shape index (κ3) is 5.19. The molecule has 4 fully saturated rings. The first-order valence-electron chi connectivity index (χ1n) is 20.3. The Bertz CT molecular complexity index is 2460. The summed E-state index contributed by atoms with van der Waals surface area (Å²) >= 11 is 0. The van der Waals surface area contributed by atoms with Crippen molar-refractivity contribution in [3.8, 4) is 28.2 Å². The van der Waals surface area contributed by atoms with E-state index in [4.69, 9.17) is 15.0 Å². The maximum Gasteiger partial charge on any atom is 0.163 e. The van der Waals surface area contributed by atoms with Gasteiger partial charge in [-0.3, -0.25) is 0 Å². The van der Waals surface area contributed by atoms with Gasteiger partial charge in [0.2, 0.25) is 0 Å². The Morgan fingerprint density at radius 2 is 1.09 bits per heavy atom. The molecule has 4 aliphatic rings. The second kappa shape index (κ2) is 11.8. The van der Waals surface area contributed by atoms with Crippen LogP contribution in [0.15, 0.2) is 109 Å². The number of fused-ring (bicyclic) bond motifs is 9. The van der Waals surface area contributed by atoms with Crippen molar-refractivity contribution in [2.24, 2.45) is 23.7 Å². The first-order valence-corrected chi connectivity index (χ1v) is 20.3. The van der Waals surface area contributed by atoms with Crippen LogP contribution in [0.2, 0.25) is 0 Å². The number of hydrogen-bond acceptors (Lipinski definition) is 3. The van der Waals surface area contributed by atoms with Gasteiger partial charge in [-0.25, -0.2) is 15.0 Å². The molecule has 2 heterocycles. The molecule has 53 heavy (non-hydrogen) atoms. The fourth-order valence-electron chi connectivity index (χ4n) is 11.9. The van der Waals surface area contributed by atoms with E-state index in [-0.39, 0.29) is 10.8 Å². The molecule has 6 atom stereocenters. The van der Waals surface area contributed by atoms with Gasteiger partial charge in [-0.15, -0.1) is 0 Å². The van der Waals surface area contributed by atoms with E-state index in [2.05, 4.69) is 128 Å². The Hall–Kier alpha value is -4.83. The molecule has 4 aliphatic carbocycles. The van der Waals surface area contributed by atoms with E-state index >= 15 is 0 Å².